The molecule has 4 rings (SSSR count). The lowest BCUT2D eigenvalue weighted by atomic mass is 9.82. The molecule has 7 nitrogen and oxygen atoms in total. The van der Waals surface area contributed by atoms with Gasteiger partial charge in [-0.05, 0) is 24.5 Å². The molecule has 2 atom stereocenters. The van der Waals surface area contributed by atoms with E-state index in [4.69, 9.17) is 0 Å². The number of pyridine rings is 1. The number of hydrogen-bond donors (Lipinski definition) is 0. The van der Waals surface area contributed by atoms with E-state index in [1.165, 1.54) is 12.1 Å². The minimum atomic E-state index is -0.488. The van der Waals surface area contributed by atoms with E-state index in [9.17, 15) is 20.2 Å². The first kappa shape index (κ1) is 15.4. The van der Waals surface area contributed by atoms with Crippen molar-refractivity contribution in [2.45, 2.75) is 18.9 Å². The van der Waals surface area contributed by atoms with Crippen LogP contribution in [0.2, 0.25) is 0 Å². The molecule has 2 aromatic rings. The Bertz CT molecular complexity index is 960. The lowest BCUT2D eigenvalue weighted by Gasteiger charge is -2.44. The maximum absolute atomic E-state index is 12.1. The number of non-ortho nitro benzene ring substituents is 1. The summed E-state index contributed by atoms with van der Waals surface area (Å²) >= 11 is 0. The number of nitro groups is 1. The molecule has 1 saturated heterocycles. The number of nitrogens with zero attached hydrogens (tertiary/aromatic N) is 4. The molecule has 0 unspecified atom stereocenters. The second-order valence-electron chi connectivity index (χ2n) is 6.67. The molecule has 0 aliphatic carbocycles. The Labute approximate surface area is 143 Å². The lowest BCUT2D eigenvalue weighted by molar-refractivity contribution is -0.384. The third kappa shape index (κ3) is 2.56. The van der Waals surface area contributed by atoms with E-state index in [1.807, 2.05) is 10.6 Å². The van der Waals surface area contributed by atoms with Crippen LogP contribution in [0.3, 0.4) is 0 Å². The van der Waals surface area contributed by atoms with Gasteiger partial charge >= 0.3 is 0 Å². The van der Waals surface area contributed by atoms with Crippen LogP contribution in [0.4, 0.5) is 11.4 Å². The van der Waals surface area contributed by atoms with Gasteiger partial charge < -0.3 is 9.47 Å². The van der Waals surface area contributed by atoms with Gasteiger partial charge in [-0.1, -0.05) is 6.07 Å². The second kappa shape index (κ2) is 5.74. The van der Waals surface area contributed by atoms with Gasteiger partial charge in [-0.25, -0.2) is 0 Å². The maximum Gasteiger partial charge on any atom is 0.270 e. The number of anilines is 1. The van der Waals surface area contributed by atoms with Crippen molar-refractivity contribution in [2.75, 3.05) is 18.0 Å². The highest BCUT2D eigenvalue weighted by Gasteiger charge is 2.35. The molecule has 0 N–H and O–H groups in total. The van der Waals surface area contributed by atoms with Crippen LogP contribution in [-0.2, 0) is 6.54 Å². The molecule has 2 bridgehead atoms. The van der Waals surface area contributed by atoms with Crippen LogP contribution in [0.5, 0.6) is 0 Å². The Hall–Kier alpha value is -3.14. The maximum atomic E-state index is 12.1. The standard InChI is InChI=1S/C18H16N4O3/c19-8-13-7-15(22(24)25)4-5-16(13)20-9-12-6-14(11-20)17-2-1-3-18(23)21(17)10-12/h1-5,7,12,14H,6,9-11H2/t12-,14+/m1/s1. The molecular weight excluding hydrogens is 320 g/mol. The number of nitro benzene ring substituents is 1. The topological polar surface area (TPSA) is 92.2 Å². The van der Waals surface area contributed by atoms with Crippen molar-refractivity contribution in [1.82, 2.24) is 4.57 Å². The quantitative estimate of drug-likeness (QED) is 0.619. The Balaban J connectivity index is 1.70. The molecule has 1 aromatic heterocycles. The van der Waals surface area contributed by atoms with Gasteiger partial charge in [-0.2, -0.15) is 5.26 Å². The molecule has 0 radical (unpaired) electrons. The van der Waals surface area contributed by atoms with Gasteiger partial charge in [-0.3, -0.25) is 14.9 Å². The smallest absolute Gasteiger partial charge is 0.270 e. The third-order valence-electron chi connectivity index (χ3n) is 5.13. The fourth-order valence-corrected chi connectivity index (χ4v) is 4.10. The van der Waals surface area contributed by atoms with Gasteiger partial charge in [0.1, 0.15) is 6.07 Å². The molecule has 2 aliphatic rings. The summed E-state index contributed by atoms with van der Waals surface area (Å²) in [6.07, 6.45) is 1.02. The van der Waals surface area contributed by atoms with Gasteiger partial charge in [-0.15, -0.1) is 0 Å². The number of fused-ring (bicyclic) bond motifs is 4. The Morgan fingerprint density at radius 1 is 1.20 bits per heavy atom. The zero-order valence-electron chi connectivity index (χ0n) is 13.5. The average Bonchev–Trinajstić information content (AvgIpc) is 2.62. The van der Waals surface area contributed by atoms with Crippen molar-refractivity contribution in [2.24, 2.45) is 5.92 Å². The predicted molar refractivity (Wildman–Crippen MR) is 91.6 cm³/mol. The molecule has 1 aromatic carbocycles. The SMILES string of the molecule is N#Cc1cc([N+](=O)[O-])ccc1N1C[C@H]2C[C@@H](C1)c1cccc(=O)n1C2. The summed E-state index contributed by atoms with van der Waals surface area (Å²) in [5.41, 5.74) is 2.05. The lowest BCUT2D eigenvalue weighted by Crippen LogP contribution is -2.47. The average molecular weight is 336 g/mol. The fourth-order valence-electron chi connectivity index (χ4n) is 4.10. The van der Waals surface area contributed by atoms with Crippen LogP contribution in [-0.4, -0.2) is 22.6 Å². The molecule has 0 amide bonds. The van der Waals surface area contributed by atoms with E-state index in [1.54, 1.807) is 18.2 Å². The van der Waals surface area contributed by atoms with Crippen molar-refractivity contribution < 1.29 is 4.92 Å². The summed E-state index contributed by atoms with van der Waals surface area (Å²) in [5.74, 6) is 0.552. The number of aromatic nitrogens is 1. The Kier molecular flexibility index (Phi) is 3.53. The highest BCUT2D eigenvalue weighted by Crippen LogP contribution is 2.38. The summed E-state index contributed by atoms with van der Waals surface area (Å²) < 4.78 is 1.86. The highest BCUT2D eigenvalue weighted by molar-refractivity contribution is 5.63. The highest BCUT2D eigenvalue weighted by atomic mass is 16.6. The van der Waals surface area contributed by atoms with Crippen LogP contribution < -0.4 is 10.5 Å². The van der Waals surface area contributed by atoms with Gasteiger partial charge in [0.05, 0.1) is 16.2 Å². The monoisotopic (exact) mass is 336 g/mol. The number of benzene rings is 1. The summed E-state index contributed by atoms with van der Waals surface area (Å²) in [6, 6.07) is 11.9. The molecule has 3 heterocycles. The molecular formula is C18H16N4O3. The molecule has 0 saturated carbocycles. The van der Waals surface area contributed by atoms with Crippen molar-refractivity contribution in [1.29, 1.82) is 5.26 Å². The van der Waals surface area contributed by atoms with Crippen LogP contribution in [0.15, 0.2) is 41.2 Å². The van der Waals surface area contributed by atoms with E-state index >= 15 is 0 Å². The van der Waals surface area contributed by atoms with Crippen molar-refractivity contribution in [3.8, 4) is 6.07 Å². The van der Waals surface area contributed by atoms with Gasteiger partial charge in [0.15, 0.2) is 0 Å². The number of rotatable bonds is 2. The van der Waals surface area contributed by atoms with Crippen LogP contribution >= 0.6 is 0 Å². The van der Waals surface area contributed by atoms with Crippen molar-refractivity contribution in [3.05, 3.63) is 68.1 Å². The largest absolute Gasteiger partial charge is 0.369 e. The molecule has 25 heavy (non-hydrogen) atoms. The first-order chi connectivity index (χ1) is 12.1. The summed E-state index contributed by atoms with van der Waals surface area (Å²) in [7, 11) is 0. The van der Waals surface area contributed by atoms with E-state index in [0.717, 1.165) is 24.3 Å². The van der Waals surface area contributed by atoms with Crippen molar-refractivity contribution in [3.63, 3.8) is 0 Å². The van der Waals surface area contributed by atoms with Crippen molar-refractivity contribution >= 4 is 11.4 Å². The van der Waals surface area contributed by atoms with Gasteiger partial charge in [0.25, 0.3) is 11.2 Å². The minimum absolute atomic E-state index is 0.0358. The van der Waals surface area contributed by atoms with E-state index in [-0.39, 0.29) is 17.2 Å². The summed E-state index contributed by atoms with van der Waals surface area (Å²) in [5, 5.41) is 20.3. The normalized spacial score (nSPS) is 21.3. The molecule has 1 fully saturated rings. The van der Waals surface area contributed by atoms with Crippen LogP contribution in [0.1, 0.15) is 23.6 Å². The molecule has 2 aliphatic heterocycles. The van der Waals surface area contributed by atoms with Gasteiger partial charge in [0, 0.05) is 49.4 Å². The first-order valence-electron chi connectivity index (χ1n) is 8.20. The number of nitriles is 1. The zero-order chi connectivity index (χ0) is 17.6. The summed E-state index contributed by atoms with van der Waals surface area (Å²) in [6.45, 7) is 2.12. The Morgan fingerprint density at radius 3 is 2.80 bits per heavy atom. The Morgan fingerprint density at radius 2 is 2.04 bits per heavy atom. The molecule has 126 valence electrons. The molecule has 0 spiro atoms. The predicted octanol–water partition coefficient (Wildman–Crippen LogP) is 2.25. The first-order valence-corrected chi connectivity index (χ1v) is 8.20. The third-order valence-corrected chi connectivity index (χ3v) is 5.13. The van der Waals surface area contributed by atoms with Crippen LogP contribution in [0.25, 0.3) is 0 Å². The van der Waals surface area contributed by atoms with E-state index in [2.05, 4.69) is 11.0 Å². The second-order valence-corrected chi connectivity index (χ2v) is 6.67. The number of piperidine rings is 1. The molecule has 7 heteroatoms. The minimum Gasteiger partial charge on any atom is -0.369 e. The summed E-state index contributed by atoms with van der Waals surface area (Å²) in [4.78, 5) is 24.7. The van der Waals surface area contributed by atoms with Crippen LogP contribution in [0, 0.1) is 27.4 Å². The van der Waals surface area contributed by atoms with Gasteiger partial charge in [0.2, 0.25) is 0 Å². The van der Waals surface area contributed by atoms with E-state index in [0.29, 0.717) is 24.6 Å². The van der Waals surface area contributed by atoms with E-state index < -0.39 is 4.92 Å². The zero-order valence-corrected chi connectivity index (χ0v) is 13.5. The fraction of sp³-hybridized carbons (Fsp3) is 0.333. The number of hydrogen-bond acceptors (Lipinski definition) is 5.